The summed E-state index contributed by atoms with van der Waals surface area (Å²) in [6.45, 7) is 2.20. The van der Waals surface area contributed by atoms with Crippen molar-refractivity contribution in [2.75, 3.05) is 18.6 Å². The summed E-state index contributed by atoms with van der Waals surface area (Å²) < 4.78 is 16.9. The molecule has 4 aromatic rings. The number of hydrogen-bond acceptors (Lipinski definition) is 7. The van der Waals surface area contributed by atoms with Crippen molar-refractivity contribution in [3.8, 4) is 17.6 Å². The van der Waals surface area contributed by atoms with E-state index in [1.54, 1.807) is 60.7 Å². The highest BCUT2D eigenvalue weighted by atomic mass is 16.5. The molecule has 0 aliphatic carbocycles. The maximum atomic E-state index is 13.8. The van der Waals surface area contributed by atoms with E-state index in [0.29, 0.717) is 40.5 Å². The Kier molecular flexibility index (Phi) is 6.12. The fourth-order valence-electron chi connectivity index (χ4n) is 4.47. The van der Waals surface area contributed by atoms with Crippen LogP contribution in [0.1, 0.15) is 34.6 Å². The van der Waals surface area contributed by atoms with Crippen LogP contribution in [0.4, 0.5) is 5.69 Å². The number of nitrogens with zero attached hydrogens (tertiary/aromatic N) is 2. The number of methoxy groups -OCH3 is 1. The number of nitriles is 1. The van der Waals surface area contributed by atoms with Gasteiger partial charge >= 0.3 is 0 Å². The molecule has 0 bridgehead atoms. The molecular formula is C29H22N2O6. The van der Waals surface area contributed by atoms with Crippen LogP contribution in [-0.2, 0) is 4.79 Å². The monoisotopic (exact) mass is 494 g/mol. The number of ketones is 1. The molecular weight excluding hydrogens is 472 g/mol. The van der Waals surface area contributed by atoms with Gasteiger partial charge in [0.2, 0.25) is 5.78 Å². The number of fused-ring (bicyclic) bond motifs is 1. The zero-order valence-corrected chi connectivity index (χ0v) is 20.1. The quantitative estimate of drug-likeness (QED) is 0.338. The smallest absolute Gasteiger partial charge is 0.294 e. The van der Waals surface area contributed by atoms with Gasteiger partial charge in [0.1, 0.15) is 5.58 Å². The van der Waals surface area contributed by atoms with Crippen LogP contribution in [0, 0.1) is 11.3 Å². The summed E-state index contributed by atoms with van der Waals surface area (Å²) in [5.74, 6) is -1.12. The molecule has 5 rings (SSSR count). The Hall–Kier alpha value is -5.03. The summed E-state index contributed by atoms with van der Waals surface area (Å²) in [4.78, 5) is 28.5. The fourth-order valence-corrected chi connectivity index (χ4v) is 4.47. The third kappa shape index (κ3) is 4.06. The zero-order valence-electron chi connectivity index (χ0n) is 20.1. The Morgan fingerprint density at radius 1 is 1.08 bits per heavy atom. The topological polar surface area (TPSA) is 113 Å². The Morgan fingerprint density at radius 2 is 1.84 bits per heavy atom. The number of amides is 1. The van der Waals surface area contributed by atoms with Crippen LogP contribution < -0.4 is 14.4 Å². The highest BCUT2D eigenvalue weighted by Crippen LogP contribution is 2.44. The molecule has 0 radical (unpaired) electrons. The second kappa shape index (κ2) is 9.55. The second-order valence-electron chi connectivity index (χ2n) is 8.32. The molecule has 1 aromatic heterocycles. The Labute approximate surface area is 212 Å². The van der Waals surface area contributed by atoms with Crippen molar-refractivity contribution in [3.05, 3.63) is 101 Å². The van der Waals surface area contributed by atoms with Crippen LogP contribution in [0.15, 0.2) is 88.5 Å². The average molecular weight is 495 g/mol. The van der Waals surface area contributed by atoms with E-state index in [4.69, 9.17) is 13.9 Å². The largest absolute Gasteiger partial charge is 0.503 e. The second-order valence-corrected chi connectivity index (χ2v) is 8.32. The number of carbonyl (C=O) groups excluding carboxylic acids is 2. The van der Waals surface area contributed by atoms with Crippen LogP contribution in [0.25, 0.3) is 11.0 Å². The number of anilines is 1. The van der Waals surface area contributed by atoms with Crippen molar-refractivity contribution in [3.63, 3.8) is 0 Å². The van der Waals surface area contributed by atoms with Gasteiger partial charge in [0.25, 0.3) is 5.91 Å². The van der Waals surface area contributed by atoms with Gasteiger partial charge in [-0.3, -0.25) is 14.5 Å². The van der Waals surface area contributed by atoms with Gasteiger partial charge in [-0.25, -0.2) is 0 Å². The van der Waals surface area contributed by atoms with Crippen LogP contribution >= 0.6 is 0 Å². The molecule has 1 amide bonds. The molecule has 8 nitrogen and oxygen atoms in total. The van der Waals surface area contributed by atoms with E-state index < -0.39 is 23.5 Å². The number of ether oxygens (including phenoxy) is 2. The van der Waals surface area contributed by atoms with Crippen LogP contribution in [0.3, 0.4) is 0 Å². The summed E-state index contributed by atoms with van der Waals surface area (Å²) in [6, 6.07) is 21.2. The lowest BCUT2D eigenvalue weighted by Gasteiger charge is -2.27. The van der Waals surface area contributed by atoms with Crippen molar-refractivity contribution < 1.29 is 28.6 Å². The molecule has 2 heterocycles. The third-order valence-corrected chi connectivity index (χ3v) is 6.18. The predicted molar refractivity (Wildman–Crippen MR) is 136 cm³/mol. The van der Waals surface area contributed by atoms with Gasteiger partial charge in [0.05, 0.1) is 37.0 Å². The summed E-state index contributed by atoms with van der Waals surface area (Å²) in [7, 11) is 1.52. The minimum Gasteiger partial charge on any atom is -0.503 e. The Bertz CT molecular complexity index is 1560. The number of rotatable bonds is 7. The lowest BCUT2D eigenvalue weighted by molar-refractivity contribution is -0.117. The molecule has 0 saturated carbocycles. The number of para-hydroxylation sites is 1. The summed E-state index contributed by atoms with van der Waals surface area (Å²) >= 11 is 0. The molecule has 0 spiro atoms. The van der Waals surface area contributed by atoms with Crippen molar-refractivity contribution in [1.82, 2.24) is 0 Å². The van der Waals surface area contributed by atoms with Gasteiger partial charge < -0.3 is 19.0 Å². The highest BCUT2D eigenvalue weighted by Gasteiger charge is 2.45. The minimum atomic E-state index is -0.994. The number of Topliss-reactive ketones (excluding diaryl/α,β-unsaturated/α-hetero) is 1. The Balaban J connectivity index is 1.67. The van der Waals surface area contributed by atoms with E-state index in [9.17, 15) is 20.0 Å². The standard InChI is InChI=1S/C29H22N2O6/c1-3-36-23-15-19(10-13-22(23)35-2)26-25(27(32)24-14-18-6-4-5-7-21(18)37-24)28(33)29(34)31(26)20-11-8-17(16-30)9-12-20/h4-15,26,33H,3H2,1-2H3. The molecule has 184 valence electrons. The lowest BCUT2D eigenvalue weighted by Crippen LogP contribution is -2.31. The highest BCUT2D eigenvalue weighted by molar-refractivity contribution is 6.20. The minimum absolute atomic E-state index is 0.000715. The summed E-state index contributed by atoms with van der Waals surface area (Å²) in [6.07, 6.45) is 0. The Morgan fingerprint density at radius 3 is 2.51 bits per heavy atom. The van der Waals surface area contributed by atoms with Gasteiger partial charge in [-0.05, 0) is 61.0 Å². The van der Waals surface area contributed by atoms with E-state index in [0.717, 1.165) is 5.39 Å². The molecule has 8 heteroatoms. The van der Waals surface area contributed by atoms with Crippen molar-refractivity contribution in [2.45, 2.75) is 13.0 Å². The molecule has 37 heavy (non-hydrogen) atoms. The number of furan rings is 1. The van der Waals surface area contributed by atoms with Crippen LogP contribution in [0.2, 0.25) is 0 Å². The van der Waals surface area contributed by atoms with Crippen molar-refractivity contribution in [1.29, 1.82) is 5.26 Å². The van der Waals surface area contributed by atoms with E-state index in [1.807, 2.05) is 25.1 Å². The summed E-state index contributed by atoms with van der Waals surface area (Å²) in [5, 5.41) is 20.9. The number of aliphatic hydroxyl groups excluding tert-OH is 1. The first kappa shape index (κ1) is 23.7. The fraction of sp³-hybridized carbons (Fsp3) is 0.138. The third-order valence-electron chi connectivity index (χ3n) is 6.18. The molecule has 1 atom stereocenters. The van der Waals surface area contributed by atoms with E-state index >= 15 is 0 Å². The van der Waals surface area contributed by atoms with Gasteiger partial charge in [0, 0.05) is 11.1 Å². The first-order valence-corrected chi connectivity index (χ1v) is 11.6. The lowest BCUT2D eigenvalue weighted by atomic mass is 9.94. The molecule has 3 aromatic carbocycles. The van der Waals surface area contributed by atoms with E-state index in [2.05, 4.69) is 0 Å². The molecule has 0 fully saturated rings. The maximum absolute atomic E-state index is 13.8. The number of benzene rings is 3. The first-order chi connectivity index (χ1) is 18.0. The molecule has 0 saturated heterocycles. The summed E-state index contributed by atoms with van der Waals surface area (Å²) in [5.41, 5.74) is 1.72. The van der Waals surface area contributed by atoms with Gasteiger partial charge in [-0.2, -0.15) is 5.26 Å². The predicted octanol–water partition coefficient (Wildman–Crippen LogP) is 5.49. The molecule has 1 unspecified atom stereocenters. The van der Waals surface area contributed by atoms with Crippen molar-refractivity contribution in [2.24, 2.45) is 0 Å². The number of carbonyl (C=O) groups is 2. The number of aliphatic hydroxyl groups is 1. The normalized spacial score (nSPS) is 15.2. The van der Waals surface area contributed by atoms with E-state index in [1.165, 1.54) is 12.0 Å². The van der Waals surface area contributed by atoms with Crippen LogP contribution in [-0.4, -0.2) is 30.5 Å². The van der Waals surface area contributed by atoms with Crippen molar-refractivity contribution >= 4 is 28.3 Å². The zero-order chi connectivity index (χ0) is 26.1. The SMILES string of the molecule is CCOc1cc(C2C(C(=O)c3cc4ccccc4o3)=C(O)C(=O)N2c2ccc(C#N)cc2)ccc1OC. The number of hydrogen-bond donors (Lipinski definition) is 1. The van der Waals surface area contributed by atoms with E-state index in [-0.39, 0.29) is 11.3 Å². The van der Waals surface area contributed by atoms with Gasteiger partial charge in [-0.1, -0.05) is 24.3 Å². The molecule has 1 aliphatic rings. The van der Waals surface area contributed by atoms with Gasteiger partial charge in [0.15, 0.2) is 23.0 Å². The molecule has 1 aliphatic heterocycles. The van der Waals surface area contributed by atoms with Gasteiger partial charge in [-0.15, -0.1) is 0 Å². The molecule has 1 N–H and O–H groups in total. The average Bonchev–Trinajstić information content (AvgIpc) is 3.47. The maximum Gasteiger partial charge on any atom is 0.294 e. The van der Waals surface area contributed by atoms with Crippen LogP contribution in [0.5, 0.6) is 11.5 Å². The first-order valence-electron chi connectivity index (χ1n) is 11.6.